The summed E-state index contributed by atoms with van der Waals surface area (Å²) in [5.41, 5.74) is 2.41. The van der Waals surface area contributed by atoms with Gasteiger partial charge in [0, 0.05) is 35.5 Å². The number of anilines is 1. The first-order valence-electron chi connectivity index (χ1n) is 13.9. The summed E-state index contributed by atoms with van der Waals surface area (Å²) >= 11 is 8.70. The van der Waals surface area contributed by atoms with Crippen LogP contribution in [0.3, 0.4) is 0 Å². The molecule has 2 aromatic heterocycles. The monoisotopic (exact) mass is 644 g/mol. The van der Waals surface area contributed by atoms with Gasteiger partial charge in [-0.2, -0.15) is 0 Å². The largest absolute Gasteiger partial charge is 0.492 e. The lowest BCUT2D eigenvalue weighted by molar-refractivity contribution is -0.121. The predicted molar refractivity (Wildman–Crippen MR) is 170 cm³/mol. The number of ether oxygens (including phenoxy) is 1. The molecule has 0 atom stereocenters. The molecule has 0 saturated heterocycles. The molecule has 6 N–H and O–H groups in total. The first-order chi connectivity index (χ1) is 20.8. The summed E-state index contributed by atoms with van der Waals surface area (Å²) in [6.45, 7) is 0.739. The number of halogens is 1. The Kier molecular flexibility index (Phi) is 12.2. The third kappa shape index (κ3) is 9.68. The molecule has 2 heterocycles. The average molecular weight is 645 g/mol. The first-order valence-corrected chi connectivity index (χ1v) is 16.0. The zero-order valence-electron chi connectivity index (χ0n) is 23.4. The lowest BCUT2D eigenvalue weighted by atomic mass is 10.0. The number of benzene rings is 2. The van der Waals surface area contributed by atoms with Crippen LogP contribution in [0.25, 0.3) is 22.0 Å². The van der Waals surface area contributed by atoms with E-state index in [0.29, 0.717) is 57.1 Å². The number of hydrogen-bond acceptors (Lipinski definition) is 9. The van der Waals surface area contributed by atoms with Crippen molar-refractivity contribution in [2.24, 2.45) is 5.14 Å². The first kappa shape index (κ1) is 32.3. The number of aromatic carboxylic acids is 1. The Hall–Kier alpha value is -3.65. The van der Waals surface area contributed by atoms with Gasteiger partial charge in [-0.25, -0.2) is 4.79 Å². The highest BCUT2D eigenvalue weighted by Crippen LogP contribution is 2.34. The van der Waals surface area contributed by atoms with Gasteiger partial charge in [0.2, 0.25) is 16.9 Å². The van der Waals surface area contributed by atoms with Crippen LogP contribution in [-0.4, -0.2) is 51.2 Å². The number of amides is 2. The number of carbonyl (C=O) groups is 3. The lowest BCUT2D eigenvalue weighted by Gasteiger charge is -2.10. The molecular formula is C29H33ClN6O5S2. The SMILES string of the molecule is NSc1nnc(NC(=O)CCCCCCCCC(=O)NCCOc2ccc(-c3cc4c(C(=O)O)c[nH]c4cc3Cl)cc2)s1. The van der Waals surface area contributed by atoms with Crippen LogP contribution in [0.4, 0.5) is 5.13 Å². The summed E-state index contributed by atoms with van der Waals surface area (Å²) < 4.78 is 6.36. The van der Waals surface area contributed by atoms with E-state index in [1.807, 2.05) is 24.3 Å². The van der Waals surface area contributed by atoms with Crippen LogP contribution in [0.15, 0.2) is 46.9 Å². The van der Waals surface area contributed by atoms with Gasteiger partial charge in [0.05, 0.1) is 17.1 Å². The Balaban J connectivity index is 1.05. The fraction of sp³-hybridized carbons (Fsp3) is 0.345. The molecule has 0 aliphatic rings. The van der Waals surface area contributed by atoms with E-state index in [1.165, 1.54) is 17.5 Å². The minimum absolute atomic E-state index is 0.000917. The summed E-state index contributed by atoms with van der Waals surface area (Å²) in [5.74, 6) is -0.426. The van der Waals surface area contributed by atoms with Crippen molar-refractivity contribution in [3.63, 3.8) is 0 Å². The van der Waals surface area contributed by atoms with Crippen molar-refractivity contribution >= 4 is 68.7 Å². The Labute approximate surface area is 262 Å². The highest BCUT2D eigenvalue weighted by Gasteiger charge is 2.14. The smallest absolute Gasteiger partial charge is 0.337 e. The topological polar surface area (TPSA) is 172 Å². The highest BCUT2D eigenvalue weighted by molar-refractivity contribution is 7.98. The molecule has 0 spiro atoms. The van der Waals surface area contributed by atoms with Gasteiger partial charge in [-0.15, -0.1) is 10.2 Å². The van der Waals surface area contributed by atoms with Crippen LogP contribution in [0.5, 0.6) is 5.75 Å². The molecule has 0 unspecified atom stereocenters. The summed E-state index contributed by atoms with van der Waals surface area (Å²) in [6, 6.07) is 10.8. The van der Waals surface area contributed by atoms with Crippen LogP contribution in [0, 0.1) is 0 Å². The van der Waals surface area contributed by atoms with E-state index in [4.69, 9.17) is 21.5 Å². The number of H-pyrrole nitrogens is 1. The molecule has 14 heteroatoms. The van der Waals surface area contributed by atoms with Crippen LogP contribution < -0.4 is 20.5 Å². The van der Waals surface area contributed by atoms with E-state index in [0.717, 1.165) is 61.6 Å². The van der Waals surface area contributed by atoms with Crippen molar-refractivity contribution in [2.45, 2.75) is 55.7 Å². The molecule has 228 valence electrons. The molecule has 0 radical (unpaired) electrons. The second kappa shape index (κ2) is 16.3. The molecule has 0 saturated carbocycles. The normalized spacial score (nSPS) is 11.0. The van der Waals surface area contributed by atoms with Gasteiger partial charge in [0.1, 0.15) is 12.4 Å². The standard InChI is InChI=1S/C29H33ClN6O5S2/c30-23-16-24-21(22(17-33-24)27(39)40)15-20(23)18-9-11-19(12-10-18)41-14-13-32-25(37)7-5-3-1-2-4-6-8-26(38)34-28-35-36-29(42-28)43-31/h9-12,15-17,33H,1-8,13-14,31H2,(H,32,37)(H,39,40)(H,34,35,38). The average Bonchev–Trinajstić information content (AvgIpc) is 3.63. The zero-order valence-corrected chi connectivity index (χ0v) is 25.7. The maximum absolute atomic E-state index is 12.1. The molecule has 43 heavy (non-hydrogen) atoms. The number of rotatable bonds is 17. The van der Waals surface area contributed by atoms with E-state index < -0.39 is 5.97 Å². The summed E-state index contributed by atoms with van der Waals surface area (Å²) in [4.78, 5) is 38.5. The molecule has 11 nitrogen and oxygen atoms in total. The number of aromatic amines is 1. The third-order valence-electron chi connectivity index (χ3n) is 6.67. The number of aromatic nitrogens is 3. The van der Waals surface area contributed by atoms with E-state index in [9.17, 15) is 19.5 Å². The minimum Gasteiger partial charge on any atom is -0.492 e. The molecule has 0 aliphatic heterocycles. The number of carboxylic acids is 1. The van der Waals surface area contributed by atoms with Gasteiger partial charge < -0.3 is 25.5 Å². The van der Waals surface area contributed by atoms with Gasteiger partial charge in [0.15, 0.2) is 4.34 Å². The number of hydrogen-bond donors (Lipinski definition) is 5. The third-order valence-corrected chi connectivity index (χ3v) is 8.44. The number of nitrogens with two attached hydrogens (primary N) is 1. The predicted octanol–water partition coefficient (Wildman–Crippen LogP) is 6.26. The van der Waals surface area contributed by atoms with Gasteiger partial charge in [-0.3, -0.25) is 14.7 Å². The van der Waals surface area contributed by atoms with Crippen molar-refractivity contribution in [1.29, 1.82) is 0 Å². The van der Waals surface area contributed by atoms with E-state index >= 15 is 0 Å². The second-order valence-electron chi connectivity index (χ2n) is 9.77. The summed E-state index contributed by atoms with van der Waals surface area (Å²) in [7, 11) is 0. The maximum Gasteiger partial charge on any atom is 0.337 e. The number of carbonyl (C=O) groups excluding carboxylic acids is 2. The lowest BCUT2D eigenvalue weighted by Crippen LogP contribution is -2.27. The molecule has 0 fully saturated rings. The van der Waals surface area contributed by atoms with E-state index in [-0.39, 0.29) is 17.4 Å². The number of nitrogens with zero attached hydrogens (tertiary/aromatic N) is 2. The molecule has 0 bridgehead atoms. The van der Waals surface area contributed by atoms with Crippen LogP contribution in [0.2, 0.25) is 5.02 Å². The number of nitrogens with one attached hydrogen (secondary N) is 3. The number of carboxylic acid groups (broad SMARTS) is 1. The summed E-state index contributed by atoms with van der Waals surface area (Å²) in [5, 5.41) is 29.7. The van der Waals surface area contributed by atoms with Crippen molar-refractivity contribution in [3.05, 3.63) is 53.2 Å². The van der Waals surface area contributed by atoms with E-state index in [2.05, 4.69) is 25.8 Å². The zero-order chi connectivity index (χ0) is 30.6. The molecular weight excluding hydrogens is 612 g/mol. The molecule has 2 amide bonds. The quantitative estimate of drug-likeness (QED) is 0.0505. The van der Waals surface area contributed by atoms with Crippen molar-refractivity contribution in [1.82, 2.24) is 20.5 Å². The van der Waals surface area contributed by atoms with Gasteiger partial charge in [-0.1, -0.05) is 60.8 Å². The Morgan fingerprint density at radius 1 is 1.00 bits per heavy atom. The van der Waals surface area contributed by atoms with Gasteiger partial charge >= 0.3 is 5.97 Å². The number of unbranched alkanes of at least 4 members (excludes halogenated alkanes) is 5. The van der Waals surface area contributed by atoms with Crippen molar-refractivity contribution in [2.75, 3.05) is 18.5 Å². The fourth-order valence-corrected chi connectivity index (χ4v) is 5.77. The Bertz CT molecular complexity index is 1540. The van der Waals surface area contributed by atoms with Crippen LogP contribution in [0.1, 0.15) is 61.7 Å². The van der Waals surface area contributed by atoms with Crippen molar-refractivity contribution in [3.8, 4) is 16.9 Å². The van der Waals surface area contributed by atoms with Gasteiger partial charge in [0.25, 0.3) is 0 Å². The molecule has 4 aromatic rings. The Morgan fingerprint density at radius 3 is 2.37 bits per heavy atom. The van der Waals surface area contributed by atoms with Gasteiger partial charge in [-0.05, 0) is 54.6 Å². The van der Waals surface area contributed by atoms with Crippen molar-refractivity contribution < 1.29 is 24.2 Å². The molecule has 2 aromatic carbocycles. The fourth-order valence-electron chi connectivity index (χ4n) is 4.49. The van der Waals surface area contributed by atoms with Crippen LogP contribution >= 0.6 is 34.9 Å². The Morgan fingerprint density at radius 2 is 1.70 bits per heavy atom. The number of fused-ring (bicyclic) bond motifs is 1. The molecule has 0 aliphatic carbocycles. The second-order valence-corrected chi connectivity index (χ2v) is 12.0. The minimum atomic E-state index is -1.01. The maximum atomic E-state index is 12.1. The summed E-state index contributed by atoms with van der Waals surface area (Å²) in [6.07, 6.45) is 7.94. The highest BCUT2D eigenvalue weighted by atomic mass is 35.5. The van der Waals surface area contributed by atoms with Crippen LogP contribution in [-0.2, 0) is 9.59 Å². The van der Waals surface area contributed by atoms with E-state index in [1.54, 1.807) is 12.1 Å². The molecule has 4 rings (SSSR count).